The zero-order valence-corrected chi connectivity index (χ0v) is 11.5. The molecule has 1 aliphatic heterocycles. The highest BCUT2D eigenvalue weighted by molar-refractivity contribution is 5.78. The first kappa shape index (κ1) is 13.7. The molecular weight excluding hydrogens is 242 g/mol. The molecule has 0 atom stereocenters. The van der Waals surface area contributed by atoms with Gasteiger partial charge in [0.1, 0.15) is 5.82 Å². The van der Waals surface area contributed by atoms with Crippen LogP contribution in [0.15, 0.2) is 18.6 Å². The molecule has 1 N–H and O–H groups in total. The summed E-state index contributed by atoms with van der Waals surface area (Å²) in [5.74, 6) is 1.06. The lowest BCUT2D eigenvalue weighted by Crippen LogP contribution is -2.51. The highest BCUT2D eigenvalue weighted by atomic mass is 16.2. The van der Waals surface area contributed by atoms with E-state index in [-0.39, 0.29) is 5.91 Å². The van der Waals surface area contributed by atoms with Gasteiger partial charge in [0.2, 0.25) is 5.91 Å². The summed E-state index contributed by atoms with van der Waals surface area (Å²) < 4.78 is 0. The second kappa shape index (κ2) is 6.47. The molecule has 1 aliphatic rings. The molecule has 0 spiro atoms. The van der Waals surface area contributed by atoms with Crippen LogP contribution in [-0.2, 0) is 4.79 Å². The summed E-state index contributed by atoms with van der Waals surface area (Å²) in [6.45, 7) is 7.62. The van der Waals surface area contributed by atoms with E-state index >= 15 is 0 Å². The van der Waals surface area contributed by atoms with Crippen LogP contribution in [0.3, 0.4) is 0 Å². The van der Waals surface area contributed by atoms with E-state index in [2.05, 4.69) is 20.2 Å². The first-order valence-corrected chi connectivity index (χ1v) is 6.69. The molecule has 0 bridgehead atoms. The summed E-state index contributed by atoms with van der Waals surface area (Å²) in [6, 6.07) is 0.338. The summed E-state index contributed by atoms with van der Waals surface area (Å²) >= 11 is 0. The van der Waals surface area contributed by atoms with E-state index in [4.69, 9.17) is 0 Å². The van der Waals surface area contributed by atoms with Gasteiger partial charge in [-0.2, -0.15) is 0 Å². The van der Waals surface area contributed by atoms with Crippen LogP contribution in [0.4, 0.5) is 5.82 Å². The summed E-state index contributed by atoms with van der Waals surface area (Å²) in [7, 11) is 0. The van der Waals surface area contributed by atoms with E-state index in [9.17, 15) is 4.79 Å². The van der Waals surface area contributed by atoms with E-state index in [0.717, 1.165) is 32.0 Å². The third-order valence-corrected chi connectivity index (χ3v) is 3.17. The summed E-state index contributed by atoms with van der Waals surface area (Å²) in [4.78, 5) is 24.4. The molecule has 6 heteroatoms. The first-order chi connectivity index (χ1) is 9.16. The Kier molecular flexibility index (Phi) is 4.68. The number of carbonyl (C=O) groups excluding carboxylic acids is 1. The molecule has 1 aromatic rings. The van der Waals surface area contributed by atoms with E-state index < -0.39 is 0 Å². The topological polar surface area (TPSA) is 61.4 Å². The SMILES string of the molecule is CC(C)NCC(=O)N1CCN(c2cnccn2)CC1. The normalized spacial score (nSPS) is 15.9. The fraction of sp³-hybridized carbons (Fsp3) is 0.615. The minimum absolute atomic E-state index is 0.174. The lowest BCUT2D eigenvalue weighted by atomic mass is 10.3. The van der Waals surface area contributed by atoms with Gasteiger partial charge in [-0.25, -0.2) is 4.98 Å². The summed E-state index contributed by atoms with van der Waals surface area (Å²) in [5, 5.41) is 3.16. The third-order valence-electron chi connectivity index (χ3n) is 3.17. The van der Waals surface area contributed by atoms with Gasteiger partial charge in [0.15, 0.2) is 0 Å². The molecule has 6 nitrogen and oxygen atoms in total. The van der Waals surface area contributed by atoms with Crippen molar-refractivity contribution in [2.24, 2.45) is 0 Å². The highest BCUT2D eigenvalue weighted by Gasteiger charge is 2.21. The van der Waals surface area contributed by atoms with Crippen molar-refractivity contribution in [1.29, 1.82) is 0 Å². The first-order valence-electron chi connectivity index (χ1n) is 6.69. The maximum absolute atomic E-state index is 12.0. The second-order valence-corrected chi connectivity index (χ2v) is 4.97. The summed E-state index contributed by atoms with van der Waals surface area (Å²) in [6.07, 6.45) is 5.12. The van der Waals surface area contributed by atoms with Gasteiger partial charge in [0.25, 0.3) is 0 Å². The Labute approximate surface area is 113 Å². The van der Waals surface area contributed by atoms with Crippen LogP contribution in [0.5, 0.6) is 0 Å². The number of nitrogens with zero attached hydrogens (tertiary/aromatic N) is 4. The molecule has 19 heavy (non-hydrogen) atoms. The number of rotatable bonds is 4. The van der Waals surface area contributed by atoms with Crippen LogP contribution in [0.25, 0.3) is 0 Å². The molecule has 1 fully saturated rings. The van der Waals surface area contributed by atoms with Gasteiger partial charge in [-0.05, 0) is 0 Å². The Morgan fingerprint density at radius 1 is 1.32 bits per heavy atom. The predicted octanol–water partition coefficient (Wildman–Crippen LogP) is 0.123. The standard InChI is InChI=1S/C13H21N5O/c1-11(2)16-10-13(19)18-7-5-17(6-8-18)12-9-14-3-4-15-12/h3-4,9,11,16H,5-8,10H2,1-2H3. The van der Waals surface area contributed by atoms with E-state index in [1.165, 1.54) is 0 Å². The number of carbonyl (C=O) groups is 1. The number of amides is 1. The molecule has 0 aromatic carbocycles. The van der Waals surface area contributed by atoms with Crippen molar-refractivity contribution in [2.75, 3.05) is 37.6 Å². The molecule has 1 aromatic heterocycles. The molecular formula is C13H21N5O. The van der Waals surface area contributed by atoms with Gasteiger partial charge in [-0.1, -0.05) is 13.8 Å². The van der Waals surface area contributed by atoms with Gasteiger partial charge in [-0.3, -0.25) is 9.78 Å². The third kappa shape index (κ3) is 3.89. The number of hydrogen-bond acceptors (Lipinski definition) is 5. The van der Waals surface area contributed by atoms with E-state index in [1.807, 2.05) is 18.7 Å². The fourth-order valence-corrected chi connectivity index (χ4v) is 2.04. The number of aromatic nitrogens is 2. The quantitative estimate of drug-likeness (QED) is 0.836. The molecule has 1 saturated heterocycles. The van der Waals surface area contributed by atoms with Gasteiger partial charge in [-0.15, -0.1) is 0 Å². The van der Waals surface area contributed by atoms with Crippen LogP contribution < -0.4 is 10.2 Å². The molecule has 0 aliphatic carbocycles. The molecule has 2 rings (SSSR count). The Morgan fingerprint density at radius 2 is 2.05 bits per heavy atom. The Hall–Kier alpha value is -1.69. The van der Waals surface area contributed by atoms with Crippen molar-refractivity contribution in [2.45, 2.75) is 19.9 Å². The lowest BCUT2D eigenvalue weighted by molar-refractivity contribution is -0.130. The zero-order valence-electron chi connectivity index (χ0n) is 11.5. The molecule has 1 amide bonds. The van der Waals surface area contributed by atoms with Crippen LogP contribution in [0.2, 0.25) is 0 Å². The number of piperazine rings is 1. The largest absolute Gasteiger partial charge is 0.352 e. The van der Waals surface area contributed by atoms with Crippen LogP contribution in [0.1, 0.15) is 13.8 Å². The fourth-order valence-electron chi connectivity index (χ4n) is 2.04. The maximum Gasteiger partial charge on any atom is 0.236 e. The van der Waals surface area contributed by atoms with Gasteiger partial charge in [0.05, 0.1) is 12.7 Å². The van der Waals surface area contributed by atoms with Gasteiger partial charge < -0.3 is 15.1 Å². The number of anilines is 1. The lowest BCUT2D eigenvalue weighted by Gasteiger charge is -2.35. The van der Waals surface area contributed by atoms with Crippen molar-refractivity contribution >= 4 is 11.7 Å². The van der Waals surface area contributed by atoms with Crippen molar-refractivity contribution in [3.63, 3.8) is 0 Å². The van der Waals surface area contributed by atoms with Crippen LogP contribution >= 0.6 is 0 Å². The molecule has 2 heterocycles. The highest BCUT2D eigenvalue weighted by Crippen LogP contribution is 2.11. The zero-order chi connectivity index (χ0) is 13.7. The van der Waals surface area contributed by atoms with Crippen molar-refractivity contribution in [3.8, 4) is 0 Å². The Bertz CT molecular complexity index is 401. The molecule has 0 radical (unpaired) electrons. The van der Waals surface area contributed by atoms with Crippen molar-refractivity contribution < 1.29 is 4.79 Å². The average Bonchev–Trinajstić information content (AvgIpc) is 2.46. The summed E-state index contributed by atoms with van der Waals surface area (Å²) in [5.41, 5.74) is 0. The minimum atomic E-state index is 0.174. The van der Waals surface area contributed by atoms with Crippen LogP contribution in [0, 0.1) is 0 Å². The smallest absolute Gasteiger partial charge is 0.236 e. The molecule has 104 valence electrons. The van der Waals surface area contributed by atoms with Crippen LogP contribution in [-0.4, -0.2) is 59.5 Å². The minimum Gasteiger partial charge on any atom is -0.352 e. The van der Waals surface area contributed by atoms with E-state index in [0.29, 0.717) is 12.6 Å². The second-order valence-electron chi connectivity index (χ2n) is 4.97. The Balaban J connectivity index is 1.81. The molecule has 0 saturated carbocycles. The average molecular weight is 263 g/mol. The number of nitrogens with one attached hydrogen (secondary N) is 1. The number of hydrogen-bond donors (Lipinski definition) is 1. The molecule has 0 unspecified atom stereocenters. The monoisotopic (exact) mass is 263 g/mol. The van der Waals surface area contributed by atoms with E-state index in [1.54, 1.807) is 18.6 Å². The predicted molar refractivity (Wildman–Crippen MR) is 74.0 cm³/mol. The van der Waals surface area contributed by atoms with Crippen molar-refractivity contribution in [1.82, 2.24) is 20.2 Å². The van der Waals surface area contributed by atoms with Gasteiger partial charge >= 0.3 is 0 Å². The van der Waals surface area contributed by atoms with Crippen molar-refractivity contribution in [3.05, 3.63) is 18.6 Å². The van der Waals surface area contributed by atoms with Gasteiger partial charge in [0, 0.05) is 44.6 Å². The Morgan fingerprint density at radius 3 is 2.63 bits per heavy atom. The maximum atomic E-state index is 12.0.